The van der Waals surface area contributed by atoms with Crippen molar-refractivity contribution in [1.29, 1.82) is 0 Å². The van der Waals surface area contributed by atoms with Gasteiger partial charge >= 0.3 is 0 Å². The molecule has 0 radical (unpaired) electrons. The second-order valence-electron chi connectivity index (χ2n) is 8.53. The SMILES string of the molecule is O=C(C=Cc1cccc(C(NC(=O)c2ccc(-c3ccccc3)cc2)C(=O)NCc2ccccc2)c1)NO. The van der Waals surface area contributed by atoms with E-state index in [2.05, 4.69) is 10.6 Å². The van der Waals surface area contributed by atoms with Crippen LogP contribution in [0.5, 0.6) is 0 Å². The fourth-order valence-electron chi connectivity index (χ4n) is 3.90. The summed E-state index contributed by atoms with van der Waals surface area (Å²) in [6.45, 7) is 0.300. The Hall–Kier alpha value is -5.01. The molecule has 1 atom stereocenters. The van der Waals surface area contributed by atoms with Crippen LogP contribution in [0.3, 0.4) is 0 Å². The van der Waals surface area contributed by atoms with E-state index in [-0.39, 0.29) is 5.91 Å². The summed E-state index contributed by atoms with van der Waals surface area (Å²) in [6.07, 6.45) is 2.66. The third kappa shape index (κ3) is 7.02. The van der Waals surface area contributed by atoms with Crippen molar-refractivity contribution in [3.8, 4) is 11.1 Å². The summed E-state index contributed by atoms with van der Waals surface area (Å²) in [4.78, 5) is 37.9. The van der Waals surface area contributed by atoms with Crippen molar-refractivity contribution in [2.45, 2.75) is 12.6 Å². The molecular formula is C31H27N3O4. The average molecular weight is 506 g/mol. The Balaban J connectivity index is 1.56. The Kier molecular flexibility index (Phi) is 8.78. The minimum Gasteiger partial charge on any atom is -0.350 e. The van der Waals surface area contributed by atoms with E-state index < -0.39 is 17.9 Å². The molecule has 38 heavy (non-hydrogen) atoms. The van der Waals surface area contributed by atoms with Crippen LogP contribution in [0.2, 0.25) is 0 Å². The first-order valence-electron chi connectivity index (χ1n) is 12.0. The highest BCUT2D eigenvalue weighted by molar-refractivity contribution is 5.98. The molecule has 0 aliphatic heterocycles. The Morgan fingerprint density at radius 3 is 2.11 bits per heavy atom. The quantitative estimate of drug-likeness (QED) is 0.151. The molecule has 4 N–H and O–H groups in total. The molecular weight excluding hydrogens is 478 g/mol. The Bertz CT molecular complexity index is 1420. The van der Waals surface area contributed by atoms with Gasteiger partial charge in [-0.3, -0.25) is 19.6 Å². The largest absolute Gasteiger partial charge is 0.350 e. The lowest BCUT2D eigenvalue weighted by Crippen LogP contribution is -2.40. The van der Waals surface area contributed by atoms with Gasteiger partial charge in [0.1, 0.15) is 6.04 Å². The molecule has 0 spiro atoms. The Morgan fingerprint density at radius 2 is 1.42 bits per heavy atom. The van der Waals surface area contributed by atoms with Crippen molar-refractivity contribution >= 4 is 23.8 Å². The lowest BCUT2D eigenvalue weighted by Gasteiger charge is -2.20. The molecule has 1 unspecified atom stereocenters. The van der Waals surface area contributed by atoms with Crippen molar-refractivity contribution in [2.24, 2.45) is 0 Å². The summed E-state index contributed by atoms with van der Waals surface area (Å²) >= 11 is 0. The number of amides is 3. The monoisotopic (exact) mass is 505 g/mol. The molecule has 190 valence electrons. The maximum absolute atomic E-state index is 13.3. The molecule has 3 amide bonds. The van der Waals surface area contributed by atoms with Gasteiger partial charge in [-0.2, -0.15) is 0 Å². The predicted molar refractivity (Wildman–Crippen MR) is 146 cm³/mol. The van der Waals surface area contributed by atoms with Crippen molar-refractivity contribution < 1.29 is 19.6 Å². The van der Waals surface area contributed by atoms with Crippen LogP contribution in [-0.4, -0.2) is 22.9 Å². The summed E-state index contributed by atoms with van der Waals surface area (Å²) in [5.41, 5.74) is 6.05. The van der Waals surface area contributed by atoms with Gasteiger partial charge in [-0.1, -0.05) is 91.0 Å². The predicted octanol–water partition coefficient (Wildman–Crippen LogP) is 4.66. The molecule has 0 saturated heterocycles. The van der Waals surface area contributed by atoms with Crippen molar-refractivity contribution in [3.05, 3.63) is 138 Å². The zero-order valence-electron chi connectivity index (χ0n) is 20.5. The number of benzene rings is 4. The van der Waals surface area contributed by atoms with E-state index in [1.165, 1.54) is 11.6 Å². The molecule has 0 fully saturated rings. The molecule has 0 aliphatic rings. The molecule has 0 heterocycles. The van der Waals surface area contributed by atoms with E-state index >= 15 is 0 Å². The first-order chi connectivity index (χ1) is 18.5. The van der Waals surface area contributed by atoms with E-state index in [0.717, 1.165) is 22.8 Å². The van der Waals surface area contributed by atoms with Gasteiger partial charge < -0.3 is 10.6 Å². The maximum Gasteiger partial charge on any atom is 0.267 e. The normalized spacial score (nSPS) is 11.5. The van der Waals surface area contributed by atoms with Crippen LogP contribution in [0.1, 0.15) is 33.1 Å². The molecule has 0 aromatic heterocycles. The number of hydroxylamine groups is 1. The van der Waals surface area contributed by atoms with Crippen LogP contribution in [0, 0.1) is 0 Å². The zero-order valence-corrected chi connectivity index (χ0v) is 20.5. The van der Waals surface area contributed by atoms with Crippen LogP contribution in [0.25, 0.3) is 17.2 Å². The molecule has 7 nitrogen and oxygen atoms in total. The first-order valence-corrected chi connectivity index (χ1v) is 12.0. The summed E-state index contributed by atoms with van der Waals surface area (Å²) < 4.78 is 0. The summed E-state index contributed by atoms with van der Waals surface area (Å²) in [5.74, 6) is -1.46. The minimum absolute atomic E-state index is 0.300. The standard InChI is InChI=1S/C31H27N3O4/c35-28(34-38)19-14-22-10-7-13-27(20-22)29(31(37)32-21-23-8-3-1-4-9-23)33-30(36)26-17-15-25(16-18-26)24-11-5-2-6-12-24/h1-20,29,38H,21H2,(H,32,37)(H,33,36)(H,34,35). The van der Waals surface area contributed by atoms with Crippen molar-refractivity contribution in [2.75, 3.05) is 0 Å². The number of hydrogen-bond donors (Lipinski definition) is 4. The van der Waals surface area contributed by atoms with Gasteiger partial charge in [0, 0.05) is 18.2 Å². The van der Waals surface area contributed by atoms with Crippen molar-refractivity contribution in [1.82, 2.24) is 16.1 Å². The van der Waals surface area contributed by atoms with Crippen LogP contribution < -0.4 is 16.1 Å². The van der Waals surface area contributed by atoms with E-state index in [9.17, 15) is 14.4 Å². The zero-order chi connectivity index (χ0) is 26.7. The second kappa shape index (κ2) is 12.8. The molecule has 0 saturated carbocycles. The third-order valence-corrected chi connectivity index (χ3v) is 5.88. The second-order valence-corrected chi connectivity index (χ2v) is 8.53. The topological polar surface area (TPSA) is 108 Å². The molecule has 4 aromatic rings. The number of carbonyl (C=O) groups is 3. The fraction of sp³-hybridized carbons (Fsp3) is 0.0645. The van der Waals surface area contributed by atoms with Gasteiger partial charge in [-0.05, 0) is 52.1 Å². The lowest BCUT2D eigenvalue weighted by atomic mass is 10.0. The fourth-order valence-corrected chi connectivity index (χ4v) is 3.90. The van der Waals surface area contributed by atoms with E-state index in [4.69, 9.17) is 5.21 Å². The maximum atomic E-state index is 13.3. The smallest absolute Gasteiger partial charge is 0.267 e. The van der Waals surface area contributed by atoms with Gasteiger partial charge in [0.15, 0.2) is 0 Å². The number of nitrogens with one attached hydrogen (secondary N) is 3. The van der Waals surface area contributed by atoms with E-state index in [0.29, 0.717) is 23.2 Å². The molecule has 7 heteroatoms. The minimum atomic E-state index is -0.986. The molecule has 4 aromatic carbocycles. The highest BCUT2D eigenvalue weighted by Crippen LogP contribution is 2.21. The van der Waals surface area contributed by atoms with Crippen LogP contribution in [0.4, 0.5) is 0 Å². The first kappa shape index (κ1) is 26.1. The Labute approximate surface area is 220 Å². The van der Waals surface area contributed by atoms with Crippen molar-refractivity contribution in [3.63, 3.8) is 0 Å². The van der Waals surface area contributed by atoms with Gasteiger partial charge in [-0.25, -0.2) is 5.48 Å². The highest BCUT2D eigenvalue weighted by Gasteiger charge is 2.23. The van der Waals surface area contributed by atoms with E-state index in [1.807, 2.05) is 72.8 Å². The van der Waals surface area contributed by atoms with Crippen LogP contribution in [0.15, 0.2) is 115 Å². The number of hydrogen-bond acceptors (Lipinski definition) is 4. The summed E-state index contributed by atoms with van der Waals surface area (Å²) in [6, 6.07) is 32.4. The van der Waals surface area contributed by atoms with Gasteiger partial charge in [0.2, 0.25) is 5.91 Å². The molecule has 0 bridgehead atoms. The van der Waals surface area contributed by atoms with Gasteiger partial charge in [0.05, 0.1) is 0 Å². The lowest BCUT2D eigenvalue weighted by molar-refractivity contribution is -0.124. The molecule has 0 aliphatic carbocycles. The van der Waals surface area contributed by atoms with Crippen LogP contribution >= 0.6 is 0 Å². The summed E-state index contributed by atoms with van der Waals surface area (Å²) in [5, 5.41) is 14.5. The number of rotatable bonds is 9. The highest BCUT2D eigenvalue weighted by atomic mass is 16.5. The third-order valence-electron chi connectivity index (χ3n) is 5.88. The molecule has 4 rings (SSSR count). The number of carbonyl (C=O) groups excluding carboxylic acids is 3. The average Bonchev–Trinajstić information content (AvgIpc) is 2.98. The Morgan fingerprint density at radius 1 is 0.763 bits per heavy atom. The van der Waals surface area contributed by atoms with Gasteiger partial charge in [0.25, 0.3) is 11.8 Å². The van der Waals surface area contributed by atoms with E-state index in [1.54, 1.807) is 36.4 Å². The summed E-state index contributed by atoms with van der Waals surface area (Å²) in [7, 11) is 0. The van der Waals surface area contributed by atoms with Gasteiger partial charge in [-0.15, -0.1) is 0 Å². The van der Waals surface area contributed by atoms with Crippen LogP contribution in [-0.2, 0) is 16.1 Å².